The van der Waals surface area contributed by atoms with E-state index in [0.29, 0.717) is 13.0 Å². The molecule has 84 valence electrons. The van der Waals surface area contributed by atoms with E-state index in [-0.39, 0.29) is 5.84 Å². The molecule has 0 aliphatic rings. The Morgan fingerprint density at radius 3 is 2.14 bits per heavy atom. The molecule has 0 aliphatic carbocycles. The highest BCUT2D eigenvalue weighted by Gasteiger charge is 2.28. The molecule has 0 spiro atoms. The SMILES string of the molecule is CC[Si](CC)(CC)OCC/C(N)=N/O. The van der Waals surface area contributed by atoms with Crippen LogP contribution in [0.4, 0.5) is 0 Å². The number of rotatable bonds is 7. The Bertz CT molecular complexity index is 173. The first-order valence-corrected chi connectivity index (χ1v) is 7.77. The molecule has 0 aromatic rings. The van der Waals surface area contributed by atoms with Crippen LogP contribution in [0.3, 0.4) is 0 Å². The van der Waals surface area contributed by atoms with Crippen LogP contribution < -0.4 is 5.73 Å². The molecule has 0 aliphatic heterocycles. The lowest BCUT2D eigenvalue weighted by molar-refractivity contribution is 0.297. The lowest BCUT2D eigenvalue weighted by Gasteiger charge is -2.27. The zero-order chi connectivity index (χ0) is 11.0. The smallest absolute Gasteiger partial charge is 0.191 e. The summed E-state index contributed by atoms with van der Waals surface area (Å²) in [6.07, 6.45) is 0.519. The molecular weight excluding hydrogens is 196 g/mol. The highest BCUT2D eigenvalue weighted by atomic mass is 28.4. The summed E-state index contributed by atoms with van der Waals surface area (Å²) in [4.78, 5) is 0. The number of hydrogen-bond donors (Lipinski definition) is 2. The fraction of sp³-hybridized carbons (Fsp3) is 0.889. The average Bonchev–Trinajstić information content (AvgIpc) is 2.25. The lowest BCUT2D eigenvalue weighted by Crippen LogP contribution is -2.36. The first kappa shape index (κ1) is 13.4. The normalized spacial score (nSPS) is 13.2. The monoisotopic (exact) mass is 218 g/mol. The van der Waals surface area contributed by atoms with Crippen molar-refractivity contribution < 1.29 is 9.63 Å². The van der Waals surface area contributed by atoms with Crippen LogP contribution in [0.5, 0.6) is 0 Å². The Morgan fingerprint density at radius 2 is 1.79 bits per heavy atom. The predicted molar refractivity (Wildman–Crippen MR) is 61.2 cm³/mol. The minimum absolute atomic E-state index is 0.246. The molecule has 0 radical (unpaired) electrons. The number of nitrogens with zero attached hydrogens (tertiary/aromatic N) is 1. The summed E-state index contributed by atoms with van der Waals surface area (Å²) >= 11 is 0. The van der Waals surface area contributed by atoms with E-state index in [1.165, 1.54) is 0 Å². The summed E-state index contributed by atoms with van der Waals surface area (Å²) in [5, 5.41) is 11.3. The molecule has 0 fully saturated rings. The third-order valence-electron chi connectivity index (χ3n) is 2.83. The summed E-state index contributed by atoms with van der Waals surface area (Å²) in [7, 11) is -1.49. The fourth-order valence-corrected chi connectivity index (χ4v) is 4.13. The van der Waals surface area contributed by atoms with Crippen LogP contribution in [0.15, 0.2) is 5.16 Å². The zero-order valence-corrected chi connectivity index (χ0v) is 10.4. The maximum absolute atomic E-state index is 8.35. The van der Waals surface area contributed by atoms with E-state index < -0.39 is 8.32 Å². The first-order chi connectivity index (χ1) is 6.64. The van der Waals surface area contributed by atoms with Crippen molar-refractivity contribution in [1.82, 2.24) is 0 Å². The van der Waals surface area contributed by atoms with Gasteiger partial charge in [0.05, 0.1) is 0 Å². The van der Waals surface area contributed by atoms with Gasteiger partial charge in [0.1, 0.15) is 5.84 Å². The molecule has 5 heteroatoms. The van der Waals surface area contributed by atoms with Gasteiger partial charge in [0, 0.05) is 13.0 Å². The second kappa shape index (κ2) is 6.84. The largest absolute Gasteiger partial charge is 0.416 e. The van der Waals surface area contributed by atoms with E-state index in [2.05, 4.69) is 25.9 Å². The second-order valence-corrected chi connectivity index (χ2v) is 8.21. The van der Waals surface area contributed by atoms with Gasteiger partial charge in [-0.25, -0.2) is 0 Å². The molecule has 0 unspecified atom stereocenters. The summed E-state index contributed by atoms with van der Waals surface area (Å²) in [6.45, 7) is 7.13. The molecule has 3 N–H and O–H groups in total. The summed E-state index contributed by atoms with van der Waals surface area (Å²) in [6, 6.07) is 3.41. The highest BCUT2D eigenvalue weighted by Crippen LogP contribution is 2.21. The van der Waals surface area contributed by atoms with E-state index in [9.17, 15) is 0 Å². The van der Waals surface area contributed by atoms with Crippen molar-refractivity contribution in [3.63, 3.8) is 0 Å². The van der Waals surface area contributed by atoms with E-state index in [4.69, 9.17) is 15.4 Å². The van der Waals surface area contributed by atoms with Crippen molar-refractivity contribution in [2.45, 2.75) is 45.3 Å². The van der Waals surface area contributed by atoms with Gasteiger partial charge in [-0.05, 0) is 18.1 Å². The number of nitrogens with two attached hydrogens (primary N) is 1. The molecule has 0 atom stereocenters. The molecule has 0 saturated carbocycles. The maximum Gasteiger partial charge on any atom is 0.191 e. The molecule has 4 nitrogen and oxygen atoms in total. The van der Waals surface area contributed by atoms with Crippen LogP contribution in [0, 0.1) is 0 Å². The Kier molecular flexibility index (Phi) is 6.57. The molecule has 0 rings (SSSR count). The van der Waals surface area contributed by atoms with Crippen molar-refractivity contribution in [3.05, 3.63) is 0 Å². The van der Waals surface area contributed by atoms with Crippen LogP contribution in [0.1, 0.15) is 27.2 Å². The van der Waals surface area contributed by atoms with Crippen molar-refractivity contribution in [1.29, 1.82) is 0 Å². The minimum atomic E-state index is -1.49. The third kappa shape index (κ3) is 4.10. The zero-order valence-electron chi connectivity index (χ0n) is 9.42. The van der Waals surface area contributed by atoms with Crippen LogP contribution in [-0.2, 0) is 4.43 Å². The molecule has 0 aromatic carbocycles. The standard InChI is InChI=1S/C9H22N2O2Si/c1-4-14(5-2,6-3)13-8-7-9(10)11-12/h12H,4-8H2,1-3H3,(H2,10,11). The molecule has 0 bridgehead atoms. The van der Waals surface area contributed by atoms with Gasteiger partial charge in [-0.2, -0.15) is 0 Å². The molecule has 0 saturated heterocycles. The van der Waals surface area contributed by atoms with Crippen LogP contribution in [-0.4, -0.2) is 26.0 Å². The average molecular weight is 218 g/mol. The molecular formula is C9H22N2O2Si. The van der Waals surface area contributed by atoms with E-state index in [1.807, 2.05) is 0 Å². The van der Waals surface area contributed by atoms with Crippen molar-refractivity contribution >= 4 is 14.2 Å². The highest BCUT2D eigenvalue weighted by molar-refractivity contribution is 6.73. The summed E-state index contributed by atoms with van der Waals surface area (Å²) in [5.41, 5.74) is 5.36. The van der Waals surface area contributed by atoms with Gasteiger partial charge >= 0.3 is 0 Å². The van der Waals surface area contributed by atoms with Crippen molar-refractivity contribution in [3.8, 4) is 0 Å². The Hall–Kier alpha value is -0.553. The van der Waals surface area contributed by atoms with Gasteiger partial charge in [-0.1, -0.05) is 25.9 Å². The minimum Gasteiger partial charge on any atom is -0.416 e. The second-order valence-electron chi connectivity index (χ2n) is 3.43. The van der Waals surface area contributed by atoms with Crippen LogP contribution in [0.2, 0.25) is 18.1 Å². The summed E-state index contributed by atoms with van der Waals surface area (Å²) < 4.78 is 5.92. The molecule has 14 heavy (non-hydrogen) atoms. The number of hydrogen-bond acceptors (Lipinski definition) is 3. The van der Waals surface area contributed by atoms with Crippen molar-refractivity contribution in [2.75, 3.05) is 6.61 Å². The van der Waals surface area contributed by atoms with E-state index in [1.54, 1.807) is 0 Å². The van der Waals surface area contributed by atoms with Crippen LogP contribution >= 0.6 is 0 Å². The van der Waals surface area contributed by atoms with E-state index in [0.717, 1.165) is 18.1 Å². The maximum atomic E-state index is 8.35. The van der Waals surface area contributed by atoms with Gasteiger partial charge < -0.3 is 15.4 Å². The quantitative estimate of drug-likeness (QED) is 0.226. The van der Waals surface area contributed by atoms with Gasteiger partial charge in [0.2, 0.25) is 0 Å². The van der Waals surface area contributed by atoms with Gasteiger partial charge in [-0.3, -0.25) is 0 Å². The Balaban J connectivity index is 3.94. The topological polar surface area (TPSA) is 67.8 Å². The van der Waals surface area contributed by atoms with Gasteiger partial charge in [-0.15, -0.1) is 0 Å². The van der Waals surface area contributed by atoms with Gasteiger partial charge in [0.25, 0.3) is 0 Å². The third-order valence-corrected chi connectivity index (χ3v) is 7.51. The fourth-order valence-electron chi connectivity index (χ4n) is 1.48. The first-order valence-electron chi connectivity index (χ1n) is 5.24. The lowest BCUT2D eigenvalue weighted by atomic mass is 10.4. The Morgan fingerprint density at radius 1 is 1.29 bits per heavy atom. The van der Waals surface area contributed by atoms with Gasteiger partial charge in [0.15, 0.2) is 8.32 Å². The van der Waals surface area contributed by atoms with E-state index >= 15 is 0 Å². The summed E-state index contributed by atoms with van der Waals surface area (Å²) in [5.74, 6) is 0.246. The molecule has 0 heterocycles. The Labute approximate surface area is 87.3 Å². The van der Waals surface area contributed by atoms with Crippen LogP contribution in [0.25, 0.3) is 0 Å². The predicted octanol–water partition coefficient (Wildman–Crippen LogP) is 2.14. The molecule has 0 amide bonds. The number of oxime groups is 1. The number of amidine groups is 1. The van der Waals surface area contributed by atoms with Crippen molar-refractivity contribution in [2.24, 2.45) is 10.9 Å². The molecule has 0 aromatic heterocycles.